The van der Waals surface area contributed by atoms with Crippen LogP contribution in [-0.4, -0.2) is 42.6 Å². The van der Waals surface area contributed by atoms with E-state index in [1.54, 1.807) is 0 Å². The lowest BCUT2D eigenvalue weighted by Gasteiger charge is -2.13. The number of nitrogens with two attached hydrogens (primary N) is 1. The Morgan fingerprint density at radius 2 is 2.08 bits per heavy atom. The highest BCUT2D eigenvalue weighted by Crippen LogP contribution is 1.96. The largest absolute Gasteiger partial charge is 0.395 e. The summed E-state index contributed by atoms with van der Waals surface area (Å²) in [5.41, 5.74) is 5.20. The second-order valence-corrected chi connectivity index (χ2v) is 3.01. The van der Waals surface area contributed by atoms with Crippen LogP contribution in [0.25, 0.3) is 0 Å². The lowest BCUT2D eigenvalue weighted by atomic mass is 10.2. The molecule has 0 aromatic carbocycles. The number of rotatable bonds is 7. The van der Waals surface area contributed by atoms with Gasteiger partial charge in [-0.2, -0.15) is 0 Å². The number of aliphatic hydroxyl groups is 1. The molecule has 4 heteroatoms. The summed E-state index contributed by atoms with van der Waals surface area (Å²) in [6.45, 7) is 1.90. The number of hydrogen-bond donors (Lipinski definition) is 3. The van der Waals surface area contributed by atoms with Crippen LogP contribution in [0, 0.1) is 5.41 Å². The number of amidine groups is 1. The van der Waals surface area contributed by atoms with Crippen LogP contribution in [0.2, 0.25) is 0 Å². The molecule has 12 heavy (non-hydrogen) atoms. The third-order valence-electron chi connectivity index (χ3n) is 1.72. The van der Waals surface area contributed by atoms with Gasteiger partial charge in [-0.25, -0.2) is 0 Å². The Bertz CT molecular complexity index is 127. The highest BCUT2D eigenvalue weighted by Gasteiger charge is 1.96. The molecule has 0 spiro atoms. The van der Waals surface area contributed by atoms with E-state index in [0.29, 0.717) is 6.42 Å². The second-order valence-electron chi connectivity index (χ2n) is 3.01. The molecule has 0 unspecified atom stereocenters. The molecular weight excluding hydrogens is 154 g/mol. The minimum atomic E-state index is 0.212. The van der Waals surface area contributed by atoms with Crippen molar-refractivity contribution in [3.8, 4) is 0 Å². The molecule has 0 aliphatic carbocycles. The van der Waals surface area contributed by atoms with E-state index < -0.39 is 0 Å². The Kier molecular flexibility index (Phi) is 6.70. The second kappa shape index (κ2) is 7.06. The first kappa shape index (κ1) is 11.4. The number of hydrogen-bond acceptors (Lipinski definition) is 3. The third kappa shape index (κ3) is 7.50. The smallest absolute Gasteiger partial charge is 0.0905 e. The van der Waals surface area contributed by atoms with Crippen molar-refractivity contribution in [2.24, 2.45) is 5.73 Å². The molecule has 0 aromatic rings. The zero-order chi connectivity index (χ0) is 9.40. The predicted molar refractivity (Wildman–Crippen MR) is 50.3 cm³/mol. The maximum Gasteiger partial charge on any atom is 0.0905 e. The van der Waals surface area contributed by atoms with Crippen molar-refractivity contribution in [2.45, 2.75) is 19.3 Å². The van der Waals surface area contributed by atoms with Crippen LogP contribution < -0.4 is 5.73 Å². The monoisotopic (exact) mass is 173 g/mol. The van der Waals surface area contributed by atoms with E-state index in [0.717, 1.165) is 25.9 Å². The molecule has 0 aliphatic rings. The molecule has 0 radical (unpaired) electrons. The first-order chi connectivity index (χ1) is 5.66. The minimum Gasteiger partial charge on any atom is -0.395 e. The van der Waals surface area contributed by atoms with Gasteiger partial charge in [-0.05, 0) is 26.4 Å². The van der Waals surface area contributed by atoms with E-state index >= 15 is 0 Å². The van der Waals surface area contributed by atoms with Gasteiger partial charge in [0.2, 0.25) is 0 Å². The average molecular weight is 173 g/mol. The lowest BCUT2D eigenvalue weighted by Crippen LogP contribution is -2.23. The number of likely N-dealkylation sites (N-methyl/N-ethyl adjacent to an activating group) is 1. The minimum absolute atomic E-state index is 0.212. The summed E-state index contributed by atoms with van der Waals surface area (Å²) in [5.74, 6) is 0.264. The molecule has 0 heterocycles. The van der Waals surface area contributed by atoms with Gasteiger partial charge in [0.05, 0.1) is 12.4 Å². The van der Waals surface area contributed by atoms with Crippen LogP contribution in [0.15, 0.2) is 0 Å². The van der Waals surface area contributed by atoms with Gasteiger partial charge < -0.3 is 15.7 Å². The molecule has 0 fully saturated rings. The Morgan fingerprint density at radius 1 is 1.42 bits per heavy atom. The van der Waals surface area contributed by atoms with E-state index in [4.69, 9.17) is 16.2 Å². The van der Waals surface area contributed by atoms with Crippen molar-refractivity contribution in [3.63, 3.8) is 0 Å². The molecule has 72 valence electrons. The van der Waals surface area contributed by atoms with Gasteiger partial charge in [0.15, 0.2) is 0 Å². The quantitative estimate of drug-likeness (QED) is 0.288. The SMILES string of the molecule is CN(CCO)CCCCC(=N)N. The molecule has 0 amide bonds. The zero-order valence-corrected chi connectivity index (χ0v) is 7.71. The Morgan fingerprint density at radius 3 is 2.58 bits per heavy atom. The summed E-state index contributed by atoms with van der Waals surface area (Å²) < 4.78 is 0. The molecule has 4 N–H and O–H groups in total. The van der Waals surface area contributed by atoms with Gasteiger partial charge in [0.25, 0.3) is 0 Å². The predicted octanol–water partition coefficient (Wildman–Crippen LogP) is 0.0168. The summed E-state index contributed by atoms with van der Waals surface area (Å²) in [5, 5.41) is 15.6. The van der Waals surface area contributed by atoms with Crippen LogP contribution in [-0.2, 0) is 0 Å². The average Bonchev–Trinajstić information content (AvgIpc) is 1.98. The maximum absolute atomic E-state index is 8.59. The highest BCUT2D eigenvalue weighted by atomic mass is 16.3. The summed E-state index contributed by atoms with van der Waals surface area (Å²) in [4.78, 5) is 2.07. The number of unbranched alkanes of at least 4 members (excludes halogenated alkanes) is 1. The Hall–Kier alpha value is -0.610. The molecule has 0 saturated carbocycles. The third-order valence-corrected chi connectivity index (χ3v) is 1.72. The lowest BCUT2D eigenvalue weighted by molar-refractivity contribution is 0.219. The van der Waals surface area contributed by atoms with Gasteiger partial charge in [0.1, 0.15) is 0 Å². The van der Waals surface area contributed by atoms with E-state index in [9.17, 15) is 0 Å². The summed E-state index contributed by atoms with van der Waals surface area (Å²) >= 11 is 0. The van der Waals surface area contributed by atoms with Gasteiger partial charge in [0, 0.05) is 13.0 Å². The van der Waals surface area contributed by atoms with Crippen LogP contribution in [0.1, 0.15) is 19.3 Å². The molecule has 0 atom stereocenters. The van der Waals surface area contributed by atoms with Crippen LogP contribution in [0.4, 0.5) is 0 Å². The van der Waals surface area contributed by atoms with Crippen molar-refractivity contribution in [3.05, 3.63) is 0 Å². The molecule has 0 rings (SSSR count). The molecule has 4 nitrogen and oxygen atoms in total. The molecular formula is C8H19N3O. The Balaban J connectivity index is 3.13. The summed E-state index contributed by atoms with van der Waals surface area (Å²) in [7, 11) is 1.98. The zero-order valence-electron chi connectivity index (χ0n) is 7.71. The number of nitrogens with zero attached hydrogens (tertiary/aromatic N) is 1. The van der Waals surface area contributed by atoms with Crippen LogP contribution >= 0.6 is 0 Å². The van der Waals surface area contributed by atoms with Crippen molar-refractivity contribution in [2.75, 3.05) is 26.7 Å². The van der Waals surface area contributed by atoms with Crippen LogP contribution in [0.3, 0.4) is 0 Å². The van der Waals surface area contributed by atoms with Crippen LogP contribution in [0.5, 0.6) is 0 Å². The number of aliphatic hydroxyl groups excluding tert-OH is 1. The topological polar surface area (TPSA) is 73.3 Å². The van der Waals surface area contributed by atoms with Gasteiger partial charge >= 0.3 is 0 Å². The van der Waals surface area contributed by atoms with Crippen molar-refractivity contribution in [1.29, 1.82) is 5.41 Å². The summed E-state index contributed by atoms with van der Waals surface area (Å²) in [6, 6.07) is 0. The maximum atomic E-state index is 8.59. The molecule has 0 aromatic heterocycles. The molecule has 0 aliphatic heterocycles. The van der Waals surface area contributed by atoms with Crippen molar-refractivity contribution in [1.82, 2.24) is 4.90 Å². The van der Waals surface area contributed by atoms with E-state index in [1.165, 1.54) is 0 Å². The normalized spacial score (nSPS) is 10.6. The fourth-order valence-electron chi connectivity index (χ4n) is 0.980. The number of nitrogens with one attached hydrogen (secondary N) is 1. The van der Waals surface area contributed by atoms with Gasteiger partial charge in [-0.15, -0.1) is 0 Å². The Labute approximate surface area is 73.9 Å². The van der Waals surface area contributed by atoms with Gasteiger partial charge in [-0.1, -0.05) is 0 Å². The fraction of sp³-hybridized carbons (Fsp3) is 0.875. The molecule has 0 bridgehead atoms. The van der Waals surface area contributed by atoms with E-state index in [-0.39, 0.29) is 12.4 Å². The summed E-state index contributed by atoms with van der Waals surface area (Å²) in [6.07, 6.45) is 2.69. The van der Waals surface area contributed by atoms with Crippen molar-refractivity contribution < 1.29 is 5.11 Å². The van der Waals surface area contributed by atoms with E-state index in [2.05, 4.69) is 4.90 Å². The molecule has 0 saturated heterocycles. The highest BCUT2D eigenvalue weighted by molar-refractivity contribution is 5.76. The van der Waals surface area contributed by atoms with Crippen molar-refractivity contribution >= 4 is 5.84 Å². The standard InChI is InChI=1S/C8H19N3O/c1-11(6-7-12)5-3-2-4-8(9)10/h12H,2-7H2,1H3,(H3,9,10). The first-order valence-electron chi connectivity index (χ1n) is 4.29. The van der Waals surface area contributed by atoms with E-state index in [1.807, 2.05) is 7.05 Å². The van der Waals surface area contributed by atoms with Gasteiger partial charge in [-0.3, -0.25) is 5.41 Å². The fourth-order valence-corrected chi connectivity index (χ4v) is 0.980. The first-order valence-corrected chi connectivity index (χ1v) is 4.29.